The number of rotatable bonds is 7. The highest BCUT2D eigenvalue weighted by molar-refractivity contribution is 7.99. The van der Waals surface area contributed by atoms with Gasteiger partial charge in [0.25, 0.3) is 5.56 Å². The maximum atomic E-state index is 11.2. The van der Waals surface area contributed by atoms with E-state index in [1.54, 1.807) is 11.8 Å². The third kappa shape index (κ3) is 5.26. The van der Waals surface area contributed by atoms with E-state index in [9.17, 15) is 4.79 Å². The lowest BCUT2D eigenvalue weighted by Crippen LogP contribution is -2.10. The second-order valence-electron chi connectivity index (χ2n) is 4.20. The molecule has 0 spiro atoms. The first kappa shape index (κ1) is 14.1. The van der Waals surface area contributed by atoms with E-state index in [-0.39, 0.29) is 11.4 Å². The molecule has 1 heterocycles. The Balaban J connectivity index is 2.50. The Hall–Kier alpha value is -0.970. The van der Waals surface area contributed by atoms with E-state index >= 15 is 0 Å². The molecular weight excluding hydrogens is 234 g/mol. The molecule has 0 saturated carbocycles. The van der Waals surface area contributed by atoms with Gasteiger partial charge in [-0.3, -0.25) is 4.79 Å². The van der Waals surface area contributed by atoms with E-state index in [0.717, 1.165) is 5.75 Å². The summed E-state index contributed by atoms with van der Waals surface area (Å²) in [4.78, 5) is 18.0. The third-order valence-corrected chi connectivity index (χ3v) is 3.84. The molecular formula is C12H21N3OS. The van der Waals surface area contributed by atoms with Crippen molar-refractivity contribution in [3.63, 3.8) is 0 Å². The van der Waals surface area contributed by atoms with Gasteiger partial charge in [0.1, 0.15) is 5.82 Å². The van der Waals surface area contributed by atoms with Crippen LogP contribution in [0.4, 0.5) is 5.82 Å². The van der Waals surface area contributed by atoms with Gasteiger partial charge in [-0.25, -0.2) is 4.98 Å². The van der Waals surface area contributed by atoms with Crippen molar-refractivity contribution in [3.8, 4) is 0 Å². The number of unbranched alkanes of at least 4 members (excludes halogenated alkanes) is 1. The highest BCUT2D eigenvalue weighted by Gasteiger charge is 2.08. The minimum atomic E-state index is -0.179. The summed E-state index contributed by atoms with van der Waals surface area (Å²) in [6, 6.07) is 1.30. The minimum absolute atomic E-state index is 0.179. The summed E-state index contributed by atoms with van der Waals surface area (Å²) >= 11 is 1.59. The first-order valence-corrected chi connectivity index (χ1v) is 7.13. The zero-order chi connectivity index (χ0) is 12.7. The van der Waals surface area contributed by atoms with Crippen LogP contribution in [-0.4, -0.2) is 15.7 Å². The summed E-state index contributed by atoms with van der Waals surface area (Å²) in [7, 11) is 0. The van der Waals surface area contributed by atoms with Crippen molar-refractivity contribution in [1.29, 1.82) is 0 Å². The van der Waals surface area contributed by atoms with Gasteiger partial charge in [0, 0.05) is 11.8 Å². The second kappa shape index (κ2) is 7.37. The van der Waals surface area contributed by atoms with Crippen molar-refractivity contribution >= 4 is 17.6 Å². The van der Waals surface area contributed by atoms with Crippen LogP contribution < -0.4 is 11.3 Å². The van der Waals surface area contributed by atoms with Gasteiger partial charge in [-0.1, -0.05) is 44.9 Å². The molecule has 0 saturated heterocycles. The van der Waals surface area contributed by atoms with Crippen LogP contribution in [0.2, 0.25) is 0 Å². The Bertz CT molecular complexity index is 392. The lowest BCUT2D eigenvalue weighted by atomic mass is 10.0. The zero-order valence-corrected chi connectivity index (χ0v) is 11.3. The number of hydrogen-bond acceptors (Lipinski definition) is 4. The van der Waals surface area contributed by atoms with Gasteiger partial charge in [0.05, 0.1) is 0 Å². The van der Waals surface area contributed by atoms with Gasteiger partial charge in [0.15, 0.2) is 5.16 Å². The van der Waals surface area contributed by atoms with Crippen LogP contribution in [-0.2, 0) is 0 Å². The Labute approximate surface area is 106 Å². The van der Waals surface area contributed by atoms with Crippen molar-refractivity contribution < 1.29 is 0 Å². The van der Waals surface area contributed by atoms with Gasteiger partial charge in [-0.15, -0.1) is 0 Å². The highest BCUT2D eigenvalue weighted by Crippen LogP contribution is 2.22. The molecule has 5 heteroatoms. The van der Waals surface area contributed by atoms with Gasteiger partial charge in [-0.05, 0) is 12.3 Å². The summed E-state index contributed by atoms with van der Waals surface area (Å²) in [6.45, 7) is 4.41. The monoisotopic (exact) mass is 255 g/mol. The molecule has 0 amide bonds. The molecule has 1 unspecified atom stereocenters. The fourth-order valence-electron chi connectivity index (χ4n) is 1.62. The van der Waals surface area contributed by atoms with Crippen LogP contribution in [0.1, 0.15) is 39.5 Å². The largest absolute Gasteiger partial charge is 0.383 e. The number of aromatic amines is 1. The van der Waals surface area contributed by atoms with Crippen molar-refractivity contribution in [2.75, 3.05) is 11.5 Å². The standard InChI is InChI=1S/C12H21N3OS/c1-3-5-6-9(4-2)8-17-12-14-10(13)7-11(16)15-12/h7,9H,3-6,8H2,1-2H3,(H3,13,14,15,16). The average Bonchev–Trinajstić information content (AvgIpc) is 2.28. The molecule has 3 N–H and O–H groups in total. The van der Waals surface area contributed by atoms with Crippen LogP contribution in [0.3, 0.4) is 0 Å². The maximum absolute atomic E-state index is 11.2. The summed E-state index contributed by atoms with van der Waals surface area (Å²) in [5, 5.41) is 0.630. The van der Waals surface area contributed by atoms with Crippen LogP contribution in [0.25, 0.3) is 0 Å². The number of nitrogens with one attached hydrogen (secondary N) is 1. The second-order valence-corrected chi connectivity index (χ2v) is 5.21. The molecule has 4 nitrogen and oxygen atoms in total. The molecule has 0 bridgehead atoms. The van der Waals surface area contributed by atoms with Crippen LogP contribution in [0, 0.1) is 5.92 Å². The summed E-state index contributed by atoms with van der Waals surface area (Å²) < 4.78 is 0. The van der Waals surface area contributed by atoms with E-state index in [0.29, 0.717) is 11.1 Å². The fraction of sp³-hybridized carbons (Fsp3) is 0.667. The van der Waals surface area contributed by atoms with Crippen molar-refractivity contribution in [2.45, 2.75) is 44.7 Å². The van der Waals surface area contributed by atoms with E-state index in [1.165, 1.54) is 31.7 Å². The summed E-state index contributed by atoms with van der Waals surface area (Å²) in [5.41, 5.74) is 5.36. The first-order valence-electron chi connectivity index (χ1n) is 6.15. The van der Waals surface area contributed by atoms with Crippen LogP contribution >= 0.6 is 11.8 Å². The molecule has 1 aromatic heterocycles. The van der Waals surface area contributed by atoms with Crippen LogP contribution in [0.15, 0.2) is 16.0 Å². The zero-order valence-electron chi connectivity index (χ0n) is 10.5. The van der Waals surface area contributed by atoms with E-state index in [1.807, 2.05) is 0 Å². The number of nitrogen functional groups attached to an aromatic ring is 1. The van der Waals surface area contributed by atoms with E-state index in [4.69, 9.17) is 5.73 Å². The third-order valence-electron chi connectivity index (χ3n) is 2.74. The predicted molar refractivity (Wildman–Crippen MR) is 73.3 cm³/mol. The number of anilines is 1. The Morgan fingerprint density at radius 3 is 2.88 bits per heavy atom. The topological polar surface area (TPSA) is 71.8 Å². The molecule has 0 radical (unpaired) electrons. The molecule has 0 aliphatic rings. The lowest BCUT2D eigenvalue weighted by Gasteiger charge is -2.13. The lowest BCUT2D eigenvalue weighted by molar-refractivity contribution is 0.499. The molecule has 0 fully saturated rings. The first-order chi connectivity index (χ1) is 8.15. The van der Waals surface area contributed by atoms with Gasteiger partial charge >= 0.3 is 0 Å². The number of nitrogens with zero attached hydrogens (tertiary/aromatic N) is 1. The van der Waals surface area contributed by atoms with E-state index < -0.39 is 0 Å². The number of nitrogens with two attached hydrogens (primary N) is 1. The summed E-state index contributed by atoms with van der Waals surface area (Å²) in [6.07, 6.45) is 4.90. The number of hydrogen-bond donors (Lipinski definition) is 2. The van der Waals surface area contributed by atoms with Crippen LogP contribution in [0.5, 0.6) is 0 Å². The smallest absolute Gasteiger partial charge is 0.253 e. The van der Waals surface area contributed by atoms with Crippen molar-refractivity contribution in [2.24, 2.45) is 5.92 Å². The molecule has 1 aromatic rings. The normalized spacial score (nSPS) is 12.6. The van der Waals surface area contributed by atoms with Crippen molar-refractivity contribution in [3.05, 3.63) is 16.4 Å². The fourth-order valence-corrected chi connectivity index (χ4v) is 2.76. The molecule has 0 aromatic carbocycles. The Kier molecular flexibility index (Phi) is 6.11. The molecule has 1 atom stereocenters. The van der Waals surface area contributed by atoms with E-state index in [2.05, 4.69) is 23.8 Å². The summed E-state index contributed by atoms with van der Waals surface area (Å²) in [5.74, 6) is 1.97. The average molecular weight is 255 g/mol. The van der Waals surface area contributed by atoms with Gasteiger partial charge in [-0.2, -0.15) is 0 Å². The highest BCUT2D eigenvalue weighted by atomic mass is 32.2. The van der Waals surface area contributed by atoms with Gasteiger partial charge < -0.3 is 10.7 Å². The number of thioether (sulfide) groups is 1. The van der Waals surface area contributed by atoms with Crippen molar-refractivity contribution in [1.82, 2.24) is 9.97 Å². The number of aromatic nitrogens is 2. The molecule has 1 rings (SSSR count). The molecule has 17 heavy (non-hydrogen) atoms. The Morgan fingerprint density at radius 1 is 1.53 bits per heavy atom. The predicted octanol–water partition coefficient (Wildman–Crippen LogP) is 2.66. The quantitative estimate of drug-likeness (QED) is 0.580. The number of H-pyrrole nitrogens is 1. The minimum Gasteiger partial charge on any atom is -0.383 e. The molecule has 0 aliphatic carbocycles. The SMILES string of the molecule is CCCCC(CC)CSc1nc(N)cc(=O)[nH]1. The maximum Gasteiger partial charge on any atom is 0.253 e. The molecule has 96 valence electrons. The molecule has 0 aliphatic heterocycles. The van der Waals surface area contributed by atoms with Gasteiger partial charge in [0.2, 0.25) is 0 Å². The Morgan fingerprint density at radius 2 is 2.29 bits per heavy atom.